The van der Waals surface area contributed by atoms with E-state index in [1.165, 1.54) is 49.8 Å². The molecule has 22 heavy (non-hydrogen) atoms. The van der Waals surface area contributed by atoms with Gasteiger partial charge in [0.25, 0.3) is 0 Å². The highest BCUT2D eigenvalue weighted by Crippen LogP contribution is 2.33. The number of nitrogens with zero attached hydrogens (tertiary/aromatic N) is 1. The second kappa shape index (κ2) is 9.04. The molecule has 0 radical (unpaired) electrons. The molecule has 1 aromatic rings. The second-order valence-electron chi connectivity index (χ2n) is 6.31. The second-order valence-corrected chi connectivity index (χ2v) is 6.31. The van der Waals surface area contributed by atoms with Gasteiger partial charge in [0.2, 0.25) is 0 Å². The lowest BCUT2D eigenvalue weighted by Gasteiger charge is -2.34. The molecular formula is C19H32N2O. The van der Waals surface area contributed by atoms with Crippen LogP contribution in [0.3, 0.4) is 0 Å². The average molecular weight is 304 g/mol. The van der Waals surface area contributed by atoms with Crippen molar-refractivity contribution in [1.82, 2.24) is 5.32 Å². The van der Waals surface area contributed by atoms with E-state index in [2.05, 4.69) is 49.3 Å². The lowest BCUT2D eigenvalue weighted by molar-refractivity contribution is 0.337. The molecule has 1 fully saturated rings. The zero-order valence-corrected chi connectivity index (χ0v) is 14.5. The van der Waals surface area contributed by atoms with Crippen LogP contribution in [0.2, 0.25) is 0 Å². The molecule has 0 spiro atoms. The van der Waals surface area contributed by atoms with E-state index in [9.17, 15) is 0 Å². The van der Waals surface area contributed by atoms with E-state index >= 15 is 0 Å². The van der Waals surface area contributed by atoms with Crippen LogP contribution in [0.25, 0.3) is 0 Å². The third-order valence-corrected chi connectivity index (χ3v) is 4.58. The standard InChI is InChI=1S/C19H32N2O/c1-4-13-20-15-16-11-12-18(19(14-16)22-5-2)21(3)17-9-7-6-8-10-17/h11-12,14,17,20H,4-10,13,15H2,1-3H3. The maximum Gasteiger partial charge on any atom is 0.142 e. The average Bonchev–Trinajstić information content (AvgIpc) is 2.56. The summed E-state index contributed by atoms with van der Waals surface area (Å²) in [6.07, 6.45) is 7.89. The maximum absolute atomic E-state index is 5.93. The zero-order chi connectivity index (χ0) is 15.8. The summed E-state index contributed by atoms with van der Waals surface area (Å²) in [5.41, 5.74) is 2.55. The van der Waals surface area contributed by atoms with Crippen molar-refractivity contribution in [2.75, 3.05) is 25.1 Å². The first-order valence-corrected chi connectivity index (χ1v) is 8.95. The first kappa shape index (κ1) is 17.1. The zero-order valence-electron chi connectivity index (χ0n) is 14.5. The van der Waals surface area contributed by atoms with Crippen LogP contribution in [0, 0.1) is 0 Å². The highest BCUT2D eigenvalue weighted by atomic mass is 16.5. The van der Waals surface area contributed by atoms with Gasteiger partial charge in [0.05, 0.1) is 12.3 Å². The van der Waals surface area contributed by atoms with Crippen LogP contribution in [0.1, 0.15) is 57.9 Å². The minimum Gasteiger partial charge on any atom is -0.492 e. The van der Waals surface area contributed by atoms with Crippen molar-refractivity contribution in [3.8, 4) is 5.75 Å². The maximum atomic E-state index is 5.93. The van der Waals surface area contributed by atoms with E-state index in [1.807, 2.05) is 0 Å². The fourth-order valence-corrected chi connectivity index (χ4v) is 3.31. The molecule has 1 aromatic carbocycles. The molecule has 2 rings (SSSR count). The molecule has 1 aliphatic carbocycles. The van der Waals surface area contributed by atoms with Crippen LogP contribution in [-0.2, 0) is 6.54 Å². The molecule has 0 heterocycles. The van der Waals surface area contributed by atoms with Gasteiger partial charge in [-0.3, -0.25) is 0 Å². The monoisotopic (exact) mass is 304 g/mol. The topological polar surface area (TPSA) is 24.5 Å². The van der Waals surface area contributed by atoms with Gasteiger partial charge in [0.1, 0.15) is 5.75 Å². The van der Waals surface area contributed by atoms with Gasteiger partial charge in [-0.1, -0.05) is 32.3 Å². The molecule has 0 aliphatic heterocycles. The van der Waals surface area contributed by atoms with E-state index in [4.69, 9.17) is 4.74 Å². The number of anilines is 1. The minimum atomic E-state index is 0.664. The van der Waals surface area contributed by atoms with Crippen LogP contribution in [0.15, 0.2) is 18.2 Å². The normalized spacial score (nSPS) is 15.8. The van der Waals surface area contributed by atoms with Crippen LogP contribution < -0.4 is 15.0 Å². The SMILES string of the molecule is CCCNCc1ccc(N(C)C2CCCCC2)c(OCC)c1. The molecular weight excluding hydrogens is 272 g/mol. The Morgan fingerprint density at radius 3 is 2.64 bits per heavy atom. The Hall–Kier alpha value is -1.22. The van der Waals surface area contributed by atoms with Crippen molar-refractivity contribution in [3.05, 3.63) is 23.8 Å². The van der Waals surface area contributed by atoms with E-state index in [0.717, 1.165) is 25.4 Å². The first-order chi connectivity index (χ1) is 10.8. The summed E-state index contributed by atoms with van der Waals surface area (Å²) in [5.74, 6) is 1.03. The van der Waals surface area contributed by atoms with E-state index in [-0.39, 0.29) is 0 Å². The first-order valence-electron chi connectivity index (χ1n) is 8.95. The Bertz CT molecular complexity index is 441. The number of rotatable bonds is 8. The lowest BCUT2D eigenvalue weighted by Crippen LogP contribution is -2.33. The molecule has 1 aliphatic rings. The van der Waals surface area contributed by atoms with Crippen LogP contribution >= 0.6 is 0 Å². The van der Waals surface area contributed by atoms with Gasteiger partial charge in [-0.25, -0.2) is 0 Å². The highest BCUT2D eigenvalue weighted by molar-refractivity contribution is 5.60. The van der Waals surface area contributed by atoms with Crippen LogP contribution in [0.4, 0.5) is 5.69 Å². The van der Waals surface area contributed by atoms with Crippen molar-refractivity contribution in [1.29, 1.82) is 0 Å². The summed E-state index contributed by atoms with van der Waals surface area (Å²) in [5, 5.41) is 3.46. The lowest BCUT2D eigenvalue weighted by atomic mass is 9.94. The van der Waals surface area contributed by atoms with Gasteiger partial charge < -0.3 is 15.0 Å². The predicted molar refractivity (Wildman–Crippen MR) is 94.9 cm³/mol. The Morgan fingerprint density at radius 2 is 1.95 bits per heavy atom. The van der Waals surface area contributed by atoms with E-state index < -0.39 is 0 Å². The van der Waals surface area contributed by atoms with Crippen LogP contribution in [-0.4, -0.2) is 26.2 Å². The summed E-state index contributed by atoms with van der Waals surface area (Å²) >= 11 is 0. The third-order valence-electron chi connectivity index (χ3n) is 4.58. The number of ether oxygens (including phenoxy) is 1. The summed E-state index contributed by atoms with van der Waals surface area (Å²) in [4.78, 5) is 2.44. The molecule has 3 nitrogen and oxygen atoms in total. The predicted octanol–water partition coefficient (Wildman–Crippen LogP) is 4.35. The Balaban J connectivity index is 2.11. The van der Waals surface area contributed by atoms with Crippen molar-refractivity contribution in [2.24, 2.45) is 0 Å². The molecule has 0 amide bonds. The number of hydrogen-bond acceptors (Lipinski definition) is 3. The quantitative estimate of drug-likeness (QED) is 0.722. The van der Waals surface area contributed by atoms with Crippen molar-refractivity contribution >= 4 is 5.69 Å². The molecule has 0 atom stereocenters. The molecule has 0 aromatic heterocycles. The fourth-order valence-electron chi connectivity index (χ4n) is 3.31. The number of nitrogens with one attached hydrogen (secondary N) is 1. The molecule has 124 valence electrons. The summed E-state index contributed by atoms with van der Waals surface area (Å²) in [7, 11) is 2.23. The van der Waals surface area contributed by atoms with Gasteiger partial charge in [-0.2, -0.15) is 0 Å². The van der Waals surface area contributed by atoms with Gasteiger partial charge in [-0.15, -0.1) is 0 Å². The number of hydrogen-bond donors (Lipinski definition) is 1. The summed E-state index contributed by atoms with van der Waals surface area (Å²) in [6, 6.07) is 7.35. The molecule has 3 heteroatoms. The Kier molecular flexibility index (Phi) is 7.04. The number of benzene rings is 1. The molecule has 1 saturated carbocycles. The fraction of sp³-hybridized carbons (Fsp3) is 0.684. The highest BCUT2D eigenvalue weighted by Gasteiger charge is 2.20. The van der Waals surface area contributed by atoms with Gasteiger partial charge >= 0.3 is 0 Å². The van der Waals surface area contributed by atoms with Crippen molar-refractivity contribution in [3.63, 3.8) is 0 Å². The molecule has 0 unspecified atom stereocenters. The van der Waals surface area contributed by atoms with Gasteiger partial charge in [0.15, 0.2) is 0 Å². The molecule has 0 saturated heterocycles. The Morgan fingerprint density at radius 1 is 1.18 bits per heavy atom. The Labute approximate surface area is 136 Å². The van der Waals surface area contributed by atoms with E-state index in [1.54, 1.807) is 0 Å². The van der Waals surface area contributed by atoms with Gasteiger partial charge in [-0.05, 0) is 50.4 Å². The minimum absolute atomic E-state index is 0.664. The van der Waals surface area contributed by atoms with Gasteiger partial charge in [0, 0.05) is 19.6 Å². The van der Waals surface area contributed by atoms with Crippen molar-refractivity contribution in [2.45, 2.75) is 65.0 Å². The summed E-state index contributed by atoms with van der Waals surface area (Å²) in [6.45, 7) is 6.96. The van der Waals surface area contributed by atoms with Crippen LogP contribution in [0.5, 0.6) is 5.75 Å². The van der Waals surface area contributed by atoms with E-state index in [0.29, 0.717) is 6.04 Å². The van der Waals surface area contributed by atoms with Crippen molar-refractivity contribution < 1.29 is 4.74 Å². The third kappa shape index (κ3) is 4.64. The molecule has 1 N–H and O–H groups in total. The largest absolute Gasteiger partial charge is 0.492 e. The summed E-state index contributed by atoms with van der Waals surface area (Å²) < 4.78 is 5.93. The smallest absolute Gasteiger partial charge is 0.142 e. The molecule has 0 bridgehead atoms.